The molecule has 4 aromatic rings. The van der Waals surface area contributed by atoms with Gasteiger partial charge in [-0.1, -0.05) is 29.8 Å². The molecular formula is C22H19ClF2N2S2. The fourth-order valence-corrected chi connectivity index (χ4v) is 4.89. The van der Waals surface area contributed by atoms with Crippen molar-refractivity contribution in [2.24, 2.45) is 0 Å². The summed E-state index contributed by atoms with van der Waals surface area (Å²) in [6.07, 6.45) is 0. The molecule has 2 heterocycles. The van der Waals surface area contributed by atoms with Crippen LogP contribution >= 0.6 is 34.3 Å². The van der Waals surface area contributed by atoms with Gasteiger partial charge in [0.15, 0.2) is 11.6 Å². The number of hydrogen-bond donors (Lipinski definition) is 0. The number of benzene rings is 2. The van der Waals surface area contributed by atoms with Crippen molar-refractivity contribution < 1.29 is 8.78 Å². The summed E-state index contributed by atoms with van der Waals surface area (Å²) in [4.78, 5) is 10.7. The lowest BCUT2D eigenvalue weighted by molar-refractivity contribution is 0.509. The molecule has 0 aliphatic heterocycles. The highest BCUT2D eigenvalue weighted by Gasteiger charge is 2.10. The van der Waals surface area contributed by atoms with Crippen LogP contribution in [0.15, 0.2) is 42.5 Å². The zero-order chi connectivity index (χ0) is 21.1. The van der Waals surface area contributed by atoms with E-state index >= 15 is 0 Å². The van der Waals surface area contributed by atoms with Crippen LogP contribution in [-0.2, 0) is 0 Å². The summed E-state index contributed by atoms with van der Waals surface area (Å²) < 4.78 is 25.7. The summed E-state index contributed by atoms with van der Waals surface area (Å²) in [6.45, 7) is 7.80. The first-order valence-electron chi connectivity index (χ1n) is 8.84. The number of aromatic nitrogens is 2. The van der Waals surface area contributed by atoms with Gasteiger partial charge in [-0.15, -0.1) is 22.7 Å². The average Bonchev–Trinajstić information content (AvgIpc) is 3.18. The Balaban J connectivity index is 0.000000166. The lowest BCUT2D eigenvalue weighted by Crippen LogP contribution is -1.85. The Bertz CT molecular complexity index is 1150. The van der Waals surface area contributed by atoms with Crippen LogP contribution in [0.4, 0.5) is 8.78 Å². The molecule has 150 valence electrons. The van der Waals surface area contributed by atoms with Crippen LogP contribution in [0.5, 0.6) is 0 Å². The van der Waals surface area contributed by atoms with Gasteiger partial charge in [-0.25, -0.2) is 18.7 Å². The predicted octanol–water partition coefficient (Wildman–Crippen LogP) is 7.79. The van der Waals surface area contributed by atoms with Crippen LogP contribution < -0.4 is 0 Å². The second-order valence-electron chi connectivity index (χ2n) is 6.43. The van der Waals surface area contributed by atoms with Gasteiger partial charge in [0, 0.05) is 5.02 Å². The van der Waals surface area contributed by atoms with E-state index in [9.17, 15) is 8.78 Å². The number of rotatable bonds is 2. The second-order valence-corrected chi connectivity index (χ2v) is 9.28. The minimum absolute atomic E-state index is 0.678. The molecule has 0 fully saturated rings. The van der Waals surface area contributed by atoms with E-state index in [1.54, 1.807) is 17.4 Å². The lowest BCUT2D eigenvalue weighted by Gasteiger charge is -1.99. The van der Waals surface area contributed by atoms with Gasteiger partial charge in [0.2, 0.25) is 0 Å². The zero-order valence-corrected chi connectivity index (χ0v) is 18.8. The first-order valence-corrected chi connectivity index (χ1v) is 10.8. The van der Waals surface area contributed by atoms with Crippen molar-refractivity contribution in [2.45, 2.75) is 27.7 Å². The molecule has 2 aromatic carbocycles. The smallest absolute Gasteiger partial charge is 0.159 e. The third-order valence-electron chi connectivity index (χ3n) is 4.08. The maximum atomic E-state index is 13.0. The molecule has 0 bridgehead atoms. The van der Waals surface area contributed by atoms with E-state index in [-0.39, 0.29) is 0 Å². The third kappa shape index (κ3) is 5.26. The molecule has 0 aliphatic rings. The number of hydrogen-bond acceptors (Lipinski definition) is 4. The maximum Gasteiger partial charge on any atom is 0.159 e. The second kappa shape index (κ2) is 9.11. The Morgan fingerprint density at radius 3 is 1.72 bits per heavy atom. The molecule has 2 nitrogen and oxygen atoms in total. The molecule has 0 N–H and O–H groups in total. The Kier molecular flexibility index (Phi) is 6.77. The van der Waals surface area contributed by atoms with Gasteiger partial charge >= 0.3 is 0 Å². The number of nitrogens with zero attached hydrogens (tertiary/aromatic N) is 2. The molecule has 7 heteroatoms. The topological polar surface area (TPSA) is 25.8 Å². The quantitative estimate of drug-likeness (QED) is 0.312. The van der Waals surface area contributed by atoms with Crippen LogP contribution in [0.3, 0.4) is 0 Å². The molecule has 0 aliphatic carbocycles. The Hall–Kier alpha value is -2.15. The summed E-state index contributed by atoms with van der Waals surface area (Å²) >= 11 is 9.13. The van der Waals surface area contributed by atoms with Crippen LogP contribution in [0, 0.1) is 39.3 Å². The number of thiazole rings is 2. The van der Waals surface area contributed by atoms with Gasteiger partial charge in [0.1, 0.15) is 0 Å². The highest BCUT2D eigenvalue weighted by atomic mass is 35.5. The molecule has 0 atom stereocenters. The van der Waals surface area contributed by atoms with E-state index in [2.05, 4.69) is 16.0 Å². The maximum absolute atomic E-state index is 13.0. The third-order valence-corrected chi connectivity index (χ3v) is 6.55. The Labute approximate surface area is 181 Å². The van der Waals surface area contributed by atoms with Crippen LogP contribution in [0.1, 0.15) is 21.4 Å². The van der Waals surface area contributed by atoms with Gasteiger partial charge in [-0.2, -0.15) is 0 Å². The van der Waals surface area contributed by atoms with Gasteiger partial charge in [0.05, 0.1) is 31.2 Å². The first-order chi connectivity index (χ1) is 13.7. The summed E-state index contributed by atoms with van der Waals surface area (Å²) in [6, 6.07) is 11.8. The van der Waals surface area contributed by atoms with E-state index in [4.69, 9.17) is 11.6 Å². The van der Waals surface area contributed by atoms with E-state index in [0.717, 1.165) is 42.9 Å². The van der Waals surface area contributed by atoms with Crippen molar-refractivity contribution in [2.75, 3.05) is 0 Å². The standard InChI is InChI=1S/C11H10ClNS.C11H9F2NS/c1-7-11(14-8(2)13-7)9-4-3-5-10(12)6-9;1-6-11(15-7(2)14-6)8-3-4-9(12)10(13)5-8/h3-6H,1-2H3;3-5H,1-2H3. The van der Waals surface area contributed by atoms with Crippen molar-refractivity contribution >= 4 is 34.3 Å². The summed E-state index contributed by atoms with van der Waals surface area (Å²) in [5.41, 5.74) is 3.76. The molecule has 29 heavy (non-hydrogen) atoms. The van der Waals surface area contributed by atoms with Crippen molar-refractivity contribution in [3.63, 3.8) is 0 Å². The van der Waals surface area contributed by atoms with Crippen molar-refractivity contribution in [1.82, 2.24) is 9.97 Å². The predicted molar refractivity (Wildman–Crippen MR) is 119 cm³/mol. The molecular weight excluding hydrogens is 430 g/mol. The van der Waals surface area contributed by atoms with Crippen LogP contribution in [-0.4, -0.2) is 9.97 Å². The van der Waals surface area contributed by atoms with Gasteiger partial charge in [-0.3, -0.25) is 0 Å². The van der Waals surface area contributed by atoms with Crippen LogP contribution in [0.25, 0.3) is 20.9 Å². The fraction of sp³-hybridized carbons (Fsp3) is 0.182. The Morgan fingerprint density at radius 1 is 0.724 bits per heavy atom. The van der Waals surface area contributed by atoms with Gasteiger partial charge < -0.3 is 0 Å². The minimum Gasteiger partial charge on any atom is -0.246 e. The Morgan fingerprint density at radius 2 is 1.28 bits per heavy atom. The van der Waals surface area contributed by atoms with Crippen molar-refractivity contribution in [3.8, 4) is 20.9 Å². The molecule has 2 aromatic heterocycles. The van der Waals surface area contributed by atoms with E-state index in [0.29, 0.717) is 5.56 Å². The molecule has 0 spiro atoms. The van der Waals surface area contributed by atoms with Gasteiger partial charge in [-0.05, 0) is 63.1 Å². The SMILES string of the molecule is Cc1nc(C)c(-c2ccc(F)c(F)c2)s1.Cc1nc(C)c(-c2cccc(Cl)c2)s1. The monoisotopic (exact) mass is 448 g/mol. The minimum atomic E-state index is -0.822. The van der Waals surface area contributed by atoms with E-state index < -0.39 is 11.6 Å². The first kappa shape index (κ1) is 21.6. The highest BCUT2D eigenvalue weighted by Crippen LogP contribution is 2.31. The highest BCUT2D eigenvalue weighted by molar-refractivity contribution is 7.15. The molecule has 0 radical (unpaired) electrons. The summed E-state index contributed by atoms with van der Waals surface area (Å²) in [5, 5.41) is 2.79. The van der Waals surface area contributed by atoms with Crippen molar-refractivity contribution in [1.29, 1.82) is 0 Å². The summed E-state index contributed by atoms with van der Waals surface area (Å²) in [5.74, 6) is -1.64. The van der Waals surface area contributed by atoms with Gasteiger partial charge in [0.25, 0.3) is 0 Å². The molecule has 0 saturated carbocycles. The lowest BCUT2D eigenvalue weighted by atomic mass is 10.1. The van der Waals surface area contributed by atoms with E-state index in [1.807, 2.05) is 45.9 Å². The molecule has 4 rings (SSSR count). The number of halogens is 3. The summed E-state index contributed by atoms with van der Waals surface area (Å²) in [7, 11) is 0. The molecule has 0 amide bonds. The molecule has 0 unspecified atom stereocenters. The van der Waals surface area contributed by atoms with Crippen molar-refractivity contribution in [3.05, 3.63) is 80.5 Å². The van der Waals surface area contributed by atoms with E-state index in [1.165, 1.54) is 22.3 Å². The normalized spacial score (nSPS) is 10.6. The number of aryl methyl sites for hydroxylation is 4. The average molecular weight is 449 g/mol. The zero-order valence-electron chi connectivity index (χ0n) is 16.4. The fourth-order valence-electron chi connectivity index (χ4n) is 2.87. The van der Waals surface area contributed by atoms with Crippen LogP contribution in [0.2, 0.25) is 5.02 Å². The largest absolute Gasteiger partial charge is 0.246 e. The molecule has 0 saturated heterocycles.